The Morgan fingerprint density at radius 1 is 1.10 bits per heavy atom. The van der Waals surface area contributed by atoms with Gasteiger partial charge in [-0.15, -0.1) is 23.5 Å². The van der Waals surface area contributed by atoms with Crippen molar-refractivity contribution >= 4 is 35.1 Å². The Hall–Kier alpha value is -1.31. The van der Waals surface area contributed by atoms with Crippen molar-refractivity contribution in [3.05, 3.63) is 30.3 Å². The lowest BCUT2D eigenvalue weighted by molar-refractivity contribution is 0.431. The summed E-state index contributed by atoms with van der Waals surface area (Å²) in [7, 11) is 0. The van der Waals surface area contributed by atoms with E-state index in [0.717, 1.165) is 20.4 Å². The summed E-state index contributed by atoms with van der Waals surface area (Å²) >= 11 is 4.70. The molecule has 0 unspecified atom stereocenters. The van der Waals surface area contributed by atoms with Crippen LogP contribution in [0.15, 0.2) is 44.1 Å². The van der Waals surface area contributed by atoms with E-state index in [1.54, 1.807) is 23.5 Å². The third kappa shape index (κ3) is 2.48. The topological polar surface area (TPSA) is 51.8 Å². The predicted octanol–water partition coefficient (Wildman–Crippen LogP) is 4.30. The van der Waals surface area contributed by atoms with Gasteiger partial charge >= 0.3 is 0 Å². The number of aromatic nitrogens is 3. The maximum atomic E-state index is 5.43. The SMILES string of the molecule is CSc1nsc(SC)c1-c1nc(-c2ccccc2)no1. The van der Waals surface area contributed by atoms with Crippen molar-refractivity contribution in [3.63, 3.8) is 0 Å². The molecule has 20 heavy (non-hydrogen) atoms. The monoisotopic (exact) mass is 321 g/mol. The molecule has 7 heteroatoms. The first-order valence-corrected chi connectivity index (χ1v) is 9.03. The summed E-state index contributed by atoms with van der Waals surface area (Å²) in [5, 5.41) is 5.00. The van der Waals surface area contributed by atoms with Gasteiger partial charge in [-0.1, -0.05) is 35.5 Å². The van der Waals surface area contributed by atoms with Gasteiger partial charge in [-0.3, -0.25) is 0 Å². The Morgan fingerprint density at radius 3 is 2.60 bits per heavy atom. The van der Waals surface area contributed by atoms with Crippen LogP contribution < -0.4 is 0 Å². The lowest BCUT2D eigenvalue weighted by Gasteiger charge is -1.96. The molecular weight excluding hydrogens is 310 g/mol. The molecule has 3 rings (SSSR count). The van der Waals surface area contributed by atoms with E-state index in [9.17, 15) is 0 Å². The van der Waals surface area contributed by atoms with Crippen LogP contribution in [0.5, 0.6) is 0 Å². The van der Waals surface area contributed by atoms with Gasteiger partial charge in [0.2, 0.25) is 5.82 Å². The Labute approximate surface area is 129 Å². The van der Waals surface area contributed by atoms with Crippen LogP contribution in [-0.4, -0.2) is 27.0 Å². The standard InChI is InChI=1S/C13H11N3OS3/c1-18-12-9(13(19-2)20-16-12)11-14-10(15-17-11)8-6-4-3-5-7-8/h3-7H,1-2H3. The zero-order valence-corrected chi connectivity index (χ0v) is 13.3. The highest BCUT2D eigenvalue weighted by atomic mass is 32.2. The molecule has 0 radical (unpaired) electrons. The fraction of sp³-hybridized carbons (Fsp3) is 0.154. The average Bonchev–Trinajstić information content (AvgIpc) is 3.14. The predicted molar refractivity (Wildman–Crippen MR) is 84.4 cm³/mol. The molecule has 102 valence electrons. The quantitative estimate of drug-likeness (QED) is 0.668. The van der Waals surface area contributed by atoms with Gasteiger partial charge in [0.05, 0.1) is 9.77 Å². The second-order valence-corrected chi connectivity index (χ2v) is 6.49. The van der Waals surface area contributed by atoms with Crippen LogP contribution in [0.2, 0.25) is 0 Å². The van der Waals surface area contributed by atoms with E-state index in [1.165, 1.54) is 11.5 Å². The van der Waals surface area contributed by atoms with Crippen LogP contribution in [0.3, 0.4) is 0 Å². The Kier molecular flexibility index (Phi) is 4.09. The number of hydrogen-bond donors (Lipinski definition) is 0. The summed E-state index contributed by atoms with van der Waals surface area (Å²) in [6.45, 7) is 0. The lowest BCUT2D eigenvalue weighted by Crippen LogP contribution is -1.82. The van der Waals surface area contributed by atoms with Crippen LogP contribution in [0.4, 0.5) is 0 Å². The van der Waals surface area contributed by atoms with Gasteiger partial charge in [0.15, 0.2) is 0 Å². The fourth-order valence-electron chi connectivity index (χ4n) is 1.75. The smallest absolute Gasteiger partial charge is 0.263 e. The highest BCUT2D eigenvalue weighted by Gasteiger charge is 2.21. The second kappa shape index (κ2) is 5.99. The van der Waals surface area contributed by atoms with E-state index in [4.69, 9.17) is 4.52 Å². The molecule has 3 aromatic rings. The number of benzene rings is 1. The molecule has 1 aromatic carbocycles. The molecule has 0 saturated heterocycles. The summed E-state index contributed by atoms with van der Waals surface area (Å²) in [6.07, 6.45) is 4.02. The zero-order valence-electron chi connectivity index (χ0n) is 10.9. The molecule has 0 spiro atoms. The Balaban J connectivity index is 2.04. The first kappa shape index (κ1) is 13.7. The molecule has 0 saturated carbocycles. The van der Waals surface area contributed by atoms with Gasteiger partial charge in [0.1, 0.15) is 5.03 Å². The third-order valence-corrected chi connectivity index (χ3v) is 5.42. The van der Waals surface area contributed by atoms with Gasteiger partial charge in [0.25, 0.3) is 5.89 Å². The summed E-state index contributed by atoms with van der Waals surface area (Å²) in [5.41, 5.74) is 1.90. The number of rotatable bonds is 4. The van der Waals surface area contributed by atoms with Crippen molar-refractivity contribution in [1.82, 2.24) is 14.5 Å². The van der Waals surface area contributed by atoms with Gasteiger partial charge in [-0.25, -0.2) is 0 Å². The first-order valence-electron chi connectivity index (χ1n) is 5.80. The maximum Gasteiger partial charge on any atom is 0.263 e. The molecule has 0 amide bonds. The summed E-state index contributed by atoms with van der Waals surface area (Å²) in [4.78, 5) is 4.50. The van der Waals surface area contributed by atoms with E-state index in [2.05, 4.69) is 14.5 Å². The Bertz CT molecular complexity index is 687. The lowest BCUT2D eigenvalue weighted by atomic mass is 10.2. The largest absolute Gasteiger partial charge is 0.333 e. The molecule has 0 fully saturated rings. The van der Waals surface area contributed by atoms with Crippen molar-refractivity contribution < 1.29 is 4.52 Å². The minimum Gasteiger partial charge on any atom is -0.333 e. The van der Waals surface area contributed by atoms with Gasteiger partial charge in [0, 0.05) is 5.56 Å². The molecule has 0 aliphatic rings. The molecule has 0 N–H and O–H groups in total. The molecular formula is C13H11N3OS3. The minimum atomic E-state index is 0.534. The highest BCUT2D eigenvalue weighted by Crippen LogP contribution is 2.39. The van der Waals surface area contributed by atoms with Crippen LogP contribution >= 0.6 is 35.1 Å². The van der Waals surface area contributed by atoms with Gasteiger partial charge in [-0.2, -0.15) is 9.36 Å². The van der Waals surface area contributed by atoms with Crippen LogP contribution in [0.25, 0.3) is 22.8 Å². The Morgan fingerprint density at radius 2 is 1.90 bits per heavy atom. The van der Waals surface area contributed by atoms with E-state index in [1.807, 2.05) is 42.8 Å². The van der Waals surface area contributed by atoms with Crippen LogP contribution in [0, 0.1) is 0 Å². The molecule has 4 nitrogen and oxygen atoms in total. The summed E-state index contributed by atoms with van der Waals surface area (Å²) in [5.74, 6) is 1.14. The van der Waals surface area contributed by atoms with Crippen molar-refractivity contribution in [2.45, 2.75) is 9.24 Å². The van der Waals surface area contributed by atoms with E-state index < -0.39 is 0 Å². The second-order valence-electron chi connectivity index (χ2n) is 3.85. The van der Waals surface area contributed by atoms with Gasteiger partial charge in [-0.05, 0) is 24.0 Å². The van der Waals surface area contributed by atoms with Crippen molar-refractivity contribution in [1.29, 1.82) is 0 Å². The van der Waals surface area contributed by atoms with Gasteiger partial charge < -0.3 is 4.52 Å². The third-order valence-electron chi connectivity index (χ3n) is 2.68. The van der Waals surface area contributed by atoms with Crippen LogP contribution in [-0.2, 0) is 0 Å². The van der Waals surface area contributed by atoms with E-state index in [-0.39, 0.29) is 0 Å². The number of nitrogens with zero attached hydrogens (tertiary/aromatic N) is 3. The number of thioether (sulfide) groups is 2. The molecule has 0 atom stereocenters. The maximum absolute atomic E-state index is 5.43. The van der Waals surface area contributed by atoms with E-state index >= 15 is 0 Å². The highest BCUT2D eigenvalue weighted by molar-refractivity contribution is 8.01. The van der Waals surface area contributed by atoms with Crippen molar-refractivity contribution in [2.24, 2.45) is 0 Å². The zero-order chi connectivity index (χ0) is 13.9. The fourth-order valence-corrected chi connectivity index (χ4v) is 4.01. The number of hydrogen-bond acceptors (Lipinski definition) is 7. The molecule has 2 heterocycles. The van der Waals surface area contributed by atoms with Crippen molar-refractivity contribution in [2.75, 3.05) is 12.5 Å². The summed E-state index contributed by atoms with van der Waals surface area (Å²) < 4.78 is 10.9. The van der Waals surface area contributed by atoms with Crippen molar-refractivity contribution in [3.8, 4) is 22.8 Å². The molecule has 0 aliphatic heterocycles. The minimum absolute atomic E-state index is 0.534. The van der Waals surface area contributed by atoms with Crippen LogP contribution in [0.1, 0.15) is 0 Å². The first-order chi connectivity index (χ1) is 9.83. The molecule has 2 aromatic heterocycles. The van der Waals surface area contributed by atoms with E-state index in [0.29, 0.717) is 11.7 Å². The molecule has 0 bridgehead atoms. The average molecular weight is 321 g/mol. The summed E-state index contributed by atoms with van der Waals surface area (Å²) in [6, 6.07) is 9.80. The normalized spacial score (nSPS) is 10.9. The molecule has 0 aliphatic carbocycles.